The Morgan fingerprint density at radius 2 is 1.80 bits per heavy atom. The highest BCUT2D eigenvalue weighted by Gasteiger charge is 2.39. The number of benzene rings is 1. The number of fused-ring (bicyclic) bond motifs is 1. The van der Waals surface area contributed by atoms with Gasteiger partial charge in [-0.05, 0) is 56.6 Å². The summed E-state index contributed by atoms with van der Waals surface area (Å²) in [6.45, 7) is 9.27. The van der Waals surface area contributed by atoms with Gasteiger partial charge in [-0.2, -0.15) is 0 Å². The average molecular weight is 415 g/mol. The zero-order valence-corrected chi connectivity index (χ0v) is 17.6. The molecule has 1 N–H and O–H groups in total. The van der Waals surface area contributed by atoms with Gasteiger partial charge in [0.2, 0.25) is 0 Å². The third-order valence-corrected chi connectivity index (χ3v) is 4.78. The topological polar surface area (TPSA) is 113 Å². The van der Waals surface area contributed by atoms with Crippen molar-refractivity contribution >= 4 is 23.0 Å². The van der Waals surface area contributed by atoms with Gasteiger partial charge in [-0.15, -0.1) is 0 Å². The summed E-state index contributed by atoms with van der Waals surface area (Å²) in [5.41, 5.74) is 3.27. The average Bonchev–Trinajstić information content (AvgIpc) is 3.16. The number of allylic oxidation sites excluding steroid dienone is 2. The lowest BCUT2D eigenvalue weighted by atomic mass is 9.80. The van der Waals surface area contributed by atoms with Gasteiger partial charge in [-0.3, -0.25) is 0 Å². The largest absolute Gasteiger partial charge is 0.463 e. The molecule has 160 valence electrons. The number of hydrogen-bond donors (Lipinski definition) is 1. The minimum atomic E-state index is -0.776. The van der Waals surface area contributed by atoms with E-state index in [-0.39, 0.29) is 12.2 Å². The molecular formula is C21H25N3O6. The van der Waals surface area contributed by atoms with Crippen molar-refractivity contribution in [2.75, 3.05) is 13.2 Å². The number of dihydropyridines is 1. The predicted molar refractivity (Wildman–Crippen MR) is 107 cm³/mol. The van der Waals surface area contributed by atoms with Gasteiger partial charge in [0.1, 0.15) is 11.0 Å². The lowest BCUT2D eigenvalue weighted by Gasteiger charge is -2.30. The van der Waals surface area contributed by atoms with E-state index in [0.29, 0.717) is 40.2 Å². The predicted octanol–water partition coefficient (Wildman–Crippen LogP) is 2.95. The molecule has 0 aliphatic carbocycles. The second kappa shape index (κ2) is 9.08. The van der Waals surface area contributed by atoms with Gasteiger partial charge in [-0.25, -0.2) is 14.2 Å². The molecule has 2 unspecified atom stereocenters. The molecule has 1 aliphatic rings. The highest BCUT2D eigenvalue weighted by molar-refractivity contribution is 6.01. The maximum atomic E-state index is 13.2. The maximum Gasteiger partial charge on any atom is 0.339 e. The minimum absolute atomic E-state index is 0.196. The maximum absolute atomic E-state index is 13.2. The van der Waals surface area contributed by atoms with E-state index >= 15 is 0 Å². The molecule has 0 radical (unpaired) electrons. The Morgan fingerprint density at radius 3 is 2.47 bits per heavy atom. The lowest BCUT2D eigenvalue weighted by Crippen LogP contribution is -2.33. The van der Waals surface area contributed by atoms with Crippen LogP contribution in [-0.4, -0.2) is 41.8 Å². The zero-order chi connectivity index (χ0) is 21.8. The van der Waals surface area contributed by atoms with Crippen LogP contribution in [0, 0.1) is 0 Å². The number of rotatable bonds is 7. The normalized spacial score (nSPS) is 17.7. The van der Waals surface area contributed by atoms with Crippen LogP contribution in [0.1, 0.15) is 46.1 Å². The number of hydrogen-bond acceptors (Lipinski definition) is 9. The van der Waals surface area contributed by atoms with Crippen LogP contribution in [0.3, 0.4) is 0 Å². The molecule has 0 spiro atoms. The van der Waals surface area contributed by atoms with Gasteiger partial charge in [0.15, 0.2) is 6.29 Å². The molecule has 0 saturated carbocycles. The van der Waals surface area contributed by atoms with Crippen molar-refractivity contribution in [2.24, 2.45) is 0 Å². The summed E-state index contributed by atoms with van der Waals surface area (Å²) in [5, 5.41) is 11.0. The number of esters is 2. The summed E-state index contributed by atoms with van der Waals surface area (Å²) in [6.07, 6.45) is -0.744. The first-order valence-electron chi connectivity index (χ1n) is 9.78. The second-order valence-corrected chi connectivity index (χ2v) is 6.76. The highest BCUT2D eigenvalue weighted by atomic mass is 16.7. The third-order valence-electron chi connectivity index (χ3n) is 4.78. The molecule has 0 saturated heterocycles. The van der Waals surface area contributed by atoms with Crippen LogP contribution >= 0.6 is 0 Å². The van der Waals surface area contributed by atoms with Crippen molar-refractivity contribution in [1.82, 2.24) is 15.6 Å². The van der Waals surface area contributed by atoms with Crippen LogP contribution < -0.4 is 5.32 Å². The van der Waals surface area contributed by atoms with E-state index in [2.05, 4.69) is 15.6 Å². The molecule has 2 atom stereocenters. The van der Waals surface area contributed by atoms with E-state index in [4.69, 9.17) is 18.8 Å². The van der Waals surface area contributed by atoms with E-state index in [1.165, 1.54) is 0 Å². The monoisotopic (exact) mass is 415 g/mol. The standard InChI is InChI=1S/C21H25N3O6/c1-6-27-13(5)29-21(26)17-12(4)22-11(3)16(20(25)28-7-2)18(17)14-9-8-10-15-19(14)24-30-23-15/h8-10,13,18,22H,6-7H2,1-5H3. The Morgan fingerprint density at radius 1 is 1.10 bits per heavy atom. The van der Waals surface area contributed by atoms with E-state index < -0.39 is 24.1 Å². The van der Waals surface area contributed by atoms with Gasteiger partial charge >= 0.3 is 11.9 Å². The van der Waals surface area contributed by atoms with E-state index in [1.54, 1.807) is 45.9 Å². The smallest absolute Gasteiger partial charge is 0.339 e. The van der Waals surface area contributed by atoms with Crippen LogP contribution in [-0.2, 0) is 23.8 Å². The van der Waals surface area contributed by atoms with Crippen LogP contribution in [0.5, 0.6) is 0 Å². The van der Waals surface area contributed by atoms with Crippen LogP contribution in [0.2, 0.25) is 0 Å². The Balaban J connectivity index is 2.16. The Labute approximate surface area is 174 Å². The first kappa shape index (κ1) is 21.5. The first-order valence-corrected chi connectivity index (χ1v) is 9.78. The summed E-state index contributed by atoms with van der Waals surface area (Å²) in [7, 11) is 0. The summed E-state index contributed by atoms with van der Waals surface area (Å²) >= 11 is 0. The zero-order valence-electron chi connectivity index (χ0n) is 17.6. The lowest BCUT2D eigenvalue weighted by molar-refractivity contribution is -0.169. The molecule has 0 bridgehead atoms. The molecule has 9 heteroatoms. The Bertz CT molecular complexity index is 1020. The molecule has 1 aliphatic heterocycles. The van der Waals surface area contributed by atoms with Crippen molar-refractivity contribution in [3.05, 3.63) is 46.3 Å². The SMILES string of the molecule is CCOC(=O)C1=C(C)NC(C)=C(C(=O)OC(C)OCC)C1c1cccc2nonc12. The molecule has 2 aromatic rings. The molecule has 1 aromatic carbocycles. The number of carbonyl (C=O) groups is 2. The Kier molecular flexibility index (Phi) is 6.51. The number of nitrogens with zero attached hydrogens (tertiary/aromatic N) is 2. The van der Waals surface area contributed by atoms with Crippen molar-refractivity contribution < 1.29 is 28.4 Å². The minimum Gasteiger partial charge on any atom is -0.463 e. The van der Waals surface area contributed by atoms with E-state index in [0.717, 1.165) is 0 Å². The fourth-order valence-corrected chi connectivity index (χ4v) is 3.60. The fraction of sp³-hybridized carbons (Fsp3) is 0.429. The van der Waals surface area contributed by atoms with Crippen molar-refractivity contribution in [3.63, 3.8) is 0 Å². The number of ether oxygens (including phenoxy) is 3. The summed E-state index contributed by atoms with van der Waals surface area (Å²) < 4.78 is 21.0. The van der Waals surface area contributed by atoms with Gasteiger partial charge in [-0.1, -0.05) is 12.1 Å². The molecule has 0 fully saturated rings. The third kappa shape index (κ3) is 4.06. The van der Waals surface area contributed by atoms with Crippen molar-refractivity contribution in [2.45, 2.75) is 46.8 Å². The van der Waals surface area contributed by atoms with Crippen LogP contribution in [0.15, 0.2) is 45.4 Å². The Hall–Kier alpha value is -3.20. The summed E-state index contributed by atoms with van der Waals surface area (Å²) in [6, 6.07) is 5.29. The number of nitrogens with one attached hydrogen (secondary N) is 1. The van der Waals surface area contributed by atoms with Crippen molar-refractivity contribution in [3.8, 4) is 0 Å². The first-order chi connectivity index (χ1) is 14.4. The van der Waals surface area contributed by atoms with E-state index in [1.807, 2.05) is 6.92 Å². The van der Waals surface area contributed by atoms with Crippen molar-refractivity contribution in [1.29, 1.82) is 0 Å². The molecular weight excluding hydrogens is 390 g/mol. The fourth-order valence-electron chi connectivity index (χ4n) is 3.60. The summed E-state index contributed by atoms with van der Waals surface area (Å²) in [4.78, 5) is 26.0. The molecule has 1 aromatic heterocycles. The van der Waals surface area contributed by atoms with Crippen LogP contribution in [0.4, 0.5) is 0 Å². The summed E-state index contributed by atoms with van der Waals surface area (Å²) in [5.74, 6) is -1.91. The van der Waals surface area contributed by atoms with E-state index in [9.17, 15) is 9.59 Å². The molecule has 3 rings (SSSR count). The molecule has 0 amide bonds. The number of carbonyl (C=O) groups excluding carboxylic acids is 2. The molecule has 2 heterocycles. The van der Waals surface area contributed by atoms with Gasteiger partial charge in [0, 0.05) is 18.0 Å². The van der Waals surface area contributed by atoms with Gasteiger partial charge < -0.3 is 19.5 Å². The quantitative estimate of drug-likeness (QED) is 0.538. The molecule has 9 nitrogen and oxygen atoms in total. The second-order valence-electron chi connectivity index (χ2n) is 6.76. The number of aromatic nitrogens is 2. The van der Waals surface area contributed by atoms with Gasteiger partial charge in [0.05, 0.1) is 23.7 Å². The molecule has 30 heavy (non-hydrogen) atoms. The van der Waals surface area contributed by atoms with Gasteiger partial charge in [0.25, 0.3) is 0 Å². The highest BCUT2D eigenvalue weighted by Crippen LogP contribution is 2.41. The van der Waals surface area contributed by atoms with Crippen LogP contribution in [0.25, 0.3) is 11.0 Å².